The summed E-state index contributed by atoms with van der Waals surface area (Å²) < 4.78 is 5.45. The topological polar surface area (TPSA) is 80.7 Å². The molecule has 144 valence electrons. The van der Waals surface area contributed by atoms with Crippen molar-refractivity contribution in [3.8, 4) is 0 Å². The van der Waals surface area contributed by atoms with Gasteiger partial charge in [0.2, 0.25) is 0 Å². The van der Waals surface area contributed by atoms with Crippen LogP contribution in [-0.4, -0.2) is 34.9 Å². The van der Waals surface area contributed by atoms with Crippen LogP contribution in [-0.2, 0) is 19.1 Å². The van der Waals surface area contributed by atoms with E-state index in [0.717, 1.165) is 25.7 Å². The van der Waals surface area contributed by atoms with Gasteiger partial charge in [0.05, 0.1) is 12.0 Å². The first kappa shape index (κ1) is 18.1. The van der Waals surface area contributed by atoms with Gasteiger partial charge in [-0.05, 0) is 55.3 Å². The summed E-state index contributed by atoms with van der Waals surface area (Å²) in [6.07, 6.45) is 3.71. The van der Waals surface area contributed by atoms with Gasteiger partial charge in [-0.2, -0.15) is 0 Å². The number of carbonyl (C=O) groups excluding carboxylic acids is 3. The number of esters is 1. The normalized spacial score (nSPS) is 50.6. The molecule has 0 heterocycles. The number of Topliss-reactive ketones (excluding diaryl/α,β-unsaturated/α-hetero) is 2. The van der Waals surface area contributed by atoms with E-state index in [4.69, 9.17) is 4.74 Å². The van der Waals surface area contributed by atoms with Gasteiger partial charge in [-0.15, -0.1) is 0 Å². The van der Waals surface area contributed by atoms with Gasteiger partial charge in [0.25, 0.3) is 0 Å². The molecule has 4 aliphatic rings. The van der Waals surface area contributed by atoms with Crippen LogP contribution in [0.4, 0.5) is 0 Å². The smallest absolute Gasteiger partial charge is 0.303 e. The molecule has 0 spiro atoms. The minimum Gasteiger partial charge on any atom is -0.459 e. The van der Waals surface area contributed by atoms with Crippen molar-refractivity contribution in [2.75, 3.05) is 0 Å². The third kappa shape index (κ3) is 2.35. The van der Waals surface area contributed by atoms with Crippen LogP contribution in [0.25, 0.3) is 0 Å². The fourth-order valence-corrected chi connectivity index (χ4v) is 7.20. The fourth-order valence-electron chi connectivity index (χ4n) is 7.20. The van der Waals surface area contributed by atoms with E-state index in [1.165, 1.54) is 6.92 Å². The van der Waals surface area contributed by atoms with E-state index in [2.05, 4.69) is 13.8 Å². The summed E-state index contributed by atoms with van der Waals surface area (Å²) in [5, 5.41) is 10.4. The van der Waals surface area contributed by atoms with Crippen LogP contribution < -0.4 is 0 Å². The number of rotatable bonds is 1. The van der Waals surface area contributed by atoms with E-state index in [1.807, 2.05) is 0 Å². The highest BCUT2D eigenvalue weighted by Gasteiger charge is 2.64. The molecule has 26 heavy (non-hydrogen) atoms. The van der Waals surface area contributed by atoms with Gasteiger partial charge >= 0.3 is 5.97 Å². The Hall–Kier alpha value is -1.23. The van der Waals surface area contributed by atoms with E-state index in [-0.39, 0.29) is 22.5 Å². The zero-order valence-corrected chi connectivity index (χ0v) is 16.0. The van der Waals surface area contributed by atoms with E-state index < -0.39 is 24.1 Å². The molecule has 0 amide bonds. The highest BCUT2D eigenvalue weighted by Crippen LogP contribution is 2.64. The lowest BCUT2D eigenvalue weighted by Crippen LogP contribution is -2.62. The molecule has 0 bridgehead atoms. The SMILES string of the molecule is CC(=O)OC1[C@@H](O)CC[C@@]2(C)[C@H]1C(=O)C[C@@H]1[C@@H]2CC[C@]2(C)C(=O)CC[C@@H]12. The van der Waals surface area contributed by atoms with Gasteiger partial charge in [0, 0.05) is 25.2 Å². The van der Waals surface area contributed by atoms with E-state index in [0.29, 0.717) is 36.9 Å². The van der Waals surface area contributed by atoms with Gasteiger partial charge in [-0.25, -0.2) is 0 Å². The van der Waals surface area contributed by atoms with Crippen molar-refractivity contribution in [3.63, 3.8) is 0 Å². The Morgan fingerprint density at radius 1 is 1.12 bits per heavy atom. The molecule has 8 atom stereocenters. The van der Waals surface area contributed by atoms with E-state index in [9.17, 15) is 19.5 Å². The van der Waals surface area contributed by atoms with Crippen molar-refractivity contribution in [3.05, 3.63) is 0 Å². The number of hydrogen-bond acceptors (Lipinski definition) is 5. The number of ketones is 2. The number of fused-ring (bicyclic) bond motifs is 5. The first-order valence-corrected chi connectivity index (χ1v) is 10.1. The summed E-state index contributed by atoms with van der Waals surface area (Å²) in [4.78, 5) is 37.3. The Balaban J connectivity index is 1.69. The van der Waals surface area contributed by atoms with Crippen LogP contribution in [0.5, 0.6) is 0 Å². The van der Waals surface area contributed by atoms with Crippen LogP contribution in [0.15, 0.2) is 0 Å². The molecule has 0 aliphatic heterocycles. The zero-order valence-electron chi connectivity index (χ0n) is 16.0. The van der Waals surface area contributed by atoms with Gasteiger partial charge in [-0.1, -0.05) is 13.8 Å². The summed E-state index contributed by atoms with van der Waals surface area (Å²) in [7, 11) is 0. The second-order valence-electron chi connectivity index (χ2n) is 9.63. The number of ether oxygens (including phenoxy) is 1. The minimum atomic E-state index is -0.764. The third-order valence-electron chi connectivity index (χ3n) is 8.48. The van der Waals surface area contributed by atoms with Gasteiger partial charge < -0.3 is 9.84 Å². The largest absolute Gasteiger partial charge is 0.459 e. The molecule has 0 saturated heterocycles. The molecule has 4 rings (SSSR count). The molecule has 4 saturated carbocycles. The molecule has 5 heteroatoms. The summed E-state index contributed by atoms with van der Waals surface area (Å²) in [6, 6.07) is 0. The monoisotopic (exact) mass is 362 g/mol. The van der Waals surface area contributed by atoms with Crippen LogP contribution in [0.1, 0.15) is 65.7 Å². The minimum absolute atomic E-state index is 0.113. The van der Waals surface area contributed by atoms with Crippen molar-refractivity contribution in [1.82, 2.24) is 0 Å². The lowest BCUT2D eigenvalue weighted by atomic mass is 9.44. The number of carbonyl (C=O) groups is 3. The molecular formula is C21H30O5. The van der Waals surface area contributed by atoms with Crippen LogP contribution in [0.2, 0.25) is 0 Å². The standard InChI is InChI=1S/C21H30O5/c1-11(22)26-19-15(23)7-9-21(3)14-6-8-20(2)13(4-5-17(20)25)12(14)10-16(24)18(19)21/h12-15,18-19,23H,4-10H2,1-3H3/t12-,13-,14-,15-,18-,19?,20-,21+/m0/s1. The third-order valence-corrected chi connectivity index (χ3v) is 8.48. The first-order valence-electron chi connectivity index (χ1n) is 10.1. The second-order valence-corrected chi connectivity index (χ2v) is 9.63. The predicted molar refractivity (Wildman–Crippen MR) is 94.1 cm³/mol. The quantitative estimate of drug-likeness (QED) is 0.726. The average molecular weight is 362 g/mol. The molecule has 0 aromatic heterocycles. The van der Waals surface area contributed by atoms with Crippen LogP contribution in [0, 0.1) is 34.5 Å². The van der Waals surface area contributed by atoms with Crippen molar-refractivity contribution < 1.29 is 24.2 Å². The Kier molecular flexibility index (Phi) is 4.11. The highest BCUT2D eigenvalue weighted by molar-refractivity contribution is 5.88. The highest BCUT2D eigenvalue weighted by atomic mass is 16.6. The molecule has 1 unspecified atom stereocenters. The second kappa shape index (κ2) is 5.88. The van der Waals surface area contributed by atoms with Crippen molar-refractivity contribution >= 4 is 17.5 Å². The van der Waals surface area contributed by atoms with Crippen molar-refractivity contribution in [2.45, 2.75) is 77.9 Å². The van der Waals surface area contributed by atoms with Crippen molar-refractivity contribution in [2.24, 2.45) is 34.5 Å². The maximum Gasteiger partial charge on any atom is 0.303 e. The maximum absolute atomic E-state index is 13.2. The Bertz CT molecular complexity index is 657. The lowest BCUT2D eigenvalue weighted by Gasteiger charge is -2.60. The molecule has 0 aromatic carbocycles. The summed E-state index contributed by atoms with van der Waals surface area (Å²) in [5.74, 6) is 0.542. The Morgan fingerprint density at radius 2 is 1.85 bits per heavy atom. The zero-order chi connectivity index (χ0) is 18.9. The summed E-state index contributed by atoms with van der Waals surface area (Å²) >= 11 is 0. The molecule has 0 radical (unpaired) electrons. The van der Waals surface area contributed by atoms with Crippen LogP contribution >= 0.6 is 0 Å². The predicted octanol–water partition coefficient (Wildman–Crippen LogP) is 2.68. The number of hydrogen-bond donors (Lipinski definition) is 1. The van der Waals surface area contributed by atoms with Gasteiger partial charge in [0.15, 0.2) is 0 Å². The van der Waals surface area contributed by atoms with Crippen LogP contribution in [0.3, 0.4) is 0 Å². The summed E-state index contributed by atoms with van der Waals surface area (Å²) in [5.41, 5.74) is -0.513. The molecule has 4 fully saturated rings. The molecule has 0 aromatic rings. The van der Waals surface area contributed by atoms with E-state index >= 15 is 0 Å². The molecule has 4 aliphatic carbocycles. The number of aliphatic hydroxyl groups excluding tert-OH is 1. The molecule has 1 N–H and O–H groups in total. The first-order chi connectivity index (χ1) is 12.2. The average Bonchev–Trinajstić information content (AvgIpc) is 2.86. The van der Waals surface area contributed by atoms with Gasteiger partial charge in [-0.3, -0.25) is 14.4 Å². The van der Waals surface area contributed by atoms with Gasteiger partial charge in [0.1, 0.15) is 17.7 Å². The fraction of sp³-hybridized carbons (Fsp3) is 0.857. The maximum atomic E-state index is 13.2. The Morgan fingerprint density at radius 3 is 2.54 bits per heavy atom. The Labute approximate surface area is 154 Å². The number of aliphatic hydroxyl groups is 1. The van der Waals surface area contributed by atoms with E-state index in [1.54, 1.807) is 0 Å². The summed E-state index contributed by atoms with van der Waals surface area (Å²) in [6.45, 7) is 5.60. The molecule has 5 nitrogen and oxygen atoms in total. The molecular weight excluding hydrogens is 332 g/mol. The van der Waals surface area contributed by atoms with Crippen molar-refractivity contribution in [1.29, 1.82) is 0 Å². The lowest BCUT2D eigenvalue weighted by molar-refractivity contribution is -0.195.